The van der Waals surface area contributed by atoms with Crippen LogP contribution in [0.25, 0.3) is 0 Å². The van der Waals surface area contributed by atoms with Gasteiger partial charge in [0.2, 0.25) is 0 Å². The summed E-state index contributed by atoms with van der Waals surface area (Å²) in [5, 5.41) is 0. The van der Waals surface area contributed by atoms with E-state index in [0.717, 1.165) is 6.29 Å². The van der Waals surface area contributed by atoms with Crippen molar-refractivity contribution in [2.45, 2.75) is 19.8 Å². The molecule has 0 unspecified atom stereocenters. The highest BCUT2D eigenvalue weighted by Gasteiger charge is 1.99. The quantitative estimate of drug-likeness (QED) is 0.417. The average Bonchev–Trinajstić information content (AvgIpc) is 1.82. The van der Waals surface area contributed by atoms with Gasteiger partial charge in [0.05, 0.1) is 0 Å². The molecule has 0 aliphatic heterocycles. The normalized spacial score (nSPS) is 8.56. The Hall–Kier alpha value is -0.920. The first-order valence-electron chi connectivity index (χ1n) is 2.81. The fourth-order valence-corrected chi connectivity index (χ4v) is 0.403. The molecule has 0 aliphatic carbocycles. The summed E-state index contributed by atoms with van der Waals surface area (Å²) in [7, 11) is 0. The van der Waals surface area contributed by atoms with Gasteiger partial charge in [0.25, 0.3) is 0 Å². The van der Waals surface area contributed by atoms with E-state index in [0.29, 0.717) is 18.4 Å². The van der Waals surface area contributed by atoms with Gasteiger partial charge in [-0.2, -0.15) is 0 Å². The average molecular weight is 126 g/mol. The summed E-state index contributed by atoms with van der Waals surface area (Å²) in [5.74, 6) is -0.0258. The summed E-state index contributed by atoms with van der Waals surface area (Å²) >= 11 is 0. The molecule has 0 aromatic carbocycles. The molecule has 0 amide bonds. The maximum atomic E-state index is 10.6. The topological polar surface area (TPSA) is 34.1 Å². The number of Topliss-reactive ketones (excluding diaryl/α,β-unsaturated/α-hetero) is 1. The maximum absolute atomic E-state index is 10.6. The van der Waals surface area contributed by atoms with Gasteiger partial charge in [-0.1, -0.05) is 6.58 Å². The van der Waals surface area contributed by atoms with Crippen molar-refractivity contribution in [1.29, 1.82) is 0 Å². The van der Waals surface area contributed by atoms with Gasteiger partial charge in [-0.3, -0.25) is 4.79 Å². The Morgan fingerprint density at radius 1 is 1.67 bits per heavy atom. The summed E-state index contributed by atoms with van der Waals surface area (Å²) in [6.45, 7) is 5.09. The molecular weight excluding hydrogens is 116 g/mol. The minimum absolute atomic E-state index is 0.0258. The molecule has 0 fully saturated rings. The van der Waals surface area contributed by atoms with Crippen molar-refractivity contribution >= 4 is 12.1 Å². The molecule has 0 aromatic heterocycles. The number of ketones is 1. The van der Waals surface area contributed by atoms with E-state index < -0.39 is 0 Å². The Balaban J connectivity index is 3.51. The van der Waals surface area contributed by atoms with Crippen molar-refractivity contribution in [3.63, 3.8) is 0 Å². The van der Waals surface area contributed by atoms with Crippen molar-refractivity contribution in [3.05, 3.63) is 12.2 Å². The highest BCUT2D eigenvalue weighted by Crippen LogP contribution is 1.96. The first kappa shape index (κ1) is 8.08. The zero-order chi connectivity index (χ0) is 7.28. The Morgan fingerprint density at radius 2 is 2.22 bits per heavy atom. The van der Waals surface area contributed by atoms with E-state index in [-0.39, 0.29) is 5.78 Å². The Kier molecular flexibility index (Phi) is 3.60. The third-order valence-electron chi connectivity index (χ3n) is 0.965. The lowest BCUT2D eigenvalue weighted by molar-refractivity contribution is -0.117. The van der Waals surface area contributed by atoms with E-state index in [4.69, 9.17) is 0 Å². The lowest BCUT2D eigenvalue weighted by atomic mass is 10.1. The first-order chi connectivity index (χ1) is 4.18. The molecule has 0 N–H and O–H groups in total. The standard InChI is InChI=1S/C7H10O2/c1-6(2)7(9)4-3-5-8/h5H,1,3-4H2,2H3. The van der Waals surface area contributed by atoms with E-state index in [1.54, 1.807) is 6.92 Å². The molecule has 2 nitrogen and oxygen atoms in total. The fraction of sp³-hybridized carbons (Fsp3) is 0.429. The van der Waals surface area contributed by atoms with Crippen LogP contribution in [-0.4, -0.2) is 12.1 Å². The monoisotopic (exact) mass is 126 g/mol. The molecule has 0 aliphatic rings. The van der Waals surface area contributed by atoms with Crippen molar-refractivity contribution in [2.75, 3.05) is 0 Å². The van der Waals surface area contributed by atoms with Gasteiger partial charge >= 0.3 is 0 Å². The summed E-state index contributed by atoms with van der Waals surface area (Å²) in [6, 6.07) is 0. The van der Waals surface area contributed by atoms with Crippen LogP contribution in [0.5, 0.6) is 0 Å². The molecule has 0 radical (unpaired) electrons. The van der Waals surface area contributed by atoms with Gasteiger partial charge in [0.15, 0.2) is 5.78 Å². The summed E-state index contributed by atoms with van der Waals surface area (Å²) in [4.78, 5) is 20.4. The van der Waals surface area contributed by atoms with E-state index >= 15 is 0 Å². The molecule has 0 heterocycles. The van der Waals surface area contributed by atoms with Crippen LogP contribution in [0.1, 0.15) is 19.8 Å². The molecule has 0 rings (SSSR count). The van der Waals surface area contributed by atoms with Gasteiger partial charge in [-0.05, 0) is 12.5 Å². The molecule has 0 saturated carbocycles. The minimum Gasteiger partial charge on any atom is -0.303 e. The van der Waals surface area contributed by atoms with E-state index in [9.17, 15) is 9.59 Å². The molecule has 0 atom stereocenters. The highest BCUT2D eigenvalue weighted by atomic mass is 16.1. The molecule has 0 aromatic rings. The Labute approximate surface area is 54.6 Å². The van der Waals surface area contributed by atoms with Gasteiger partial charge < -0.3 is 4.79 Å². The number of carbonyl (C=O) groups excluding carboxylic acids is 2. The molecule has 2 heteroatoms. The number of aldehydes is 1. The second kappa shape index (κ2) is 4.01. The first-order valence-corrected chi connectivity index (χ1v) is 2.81. The Morgan fingerprint density at radius 3 is 2.56 bits per heavy atom. The van der Waals surface area contributed by atoms with Crippen molar-refractivity contribution in [3.8, 4) is 0 Å². The van der Waals surface area contributed by atoms with E-state index in [1.165, 1.54) is 0 Å². The van der Waals surface area contributed by atoms with Crippen molar-refractivity contribution in [1.82, 2.24) is 0 Å². The highest BCUT2D eigenvalue weighted by molar-refractivity contribution is 5.94. The molecular formula is C7H10O2. The van der Waals surface area contributed by atoms with Crippen LogP contribution in [0.15, 0.2) is 12.2 Å². The molecule has 9 heavy (non-hydrogen) atoms. The van der Waals surface area contributed by atoms with Crippen LogP contribution in [0.4, 0.5) is 0 Å². The van der Waals surface area contributed by atoms with Crippen LogP contribution in [-0.2, 0) is 9.59 Å². The lowest BCUT2D eigenvalue weighted by Crippen LogP contribution is -1.97. The number of hydrogen-bond acceptors (Lipinski definition) is 2. The van der Waals surface area contributed by atoms with E-state index in [1.807, 2.05) is 0 Å². The number of carbonyl (C=O) groups is 2. The smallest absolute Gasteiger partial charge is 0.158 e. The summed E-state index contributed by atoms with van der Waals surface area (Å²) < 4.78 is 0. The second-order valence-corrected chi connectivity index (χ2v) is 1.91. The van der Waals surface area contributed by atoms with Crippen LogP contribution < -0.4 is 0 Å². The van der Waals surface area contributed by atoms with E-state index in [2.05, 4.69) is 6.58 Å². The van der Waals surface area contributed by atoms with Crippen LogP contribution in [0.3, 0.4) is 0 Å². The summed E-state index contributed by atoms with van der Waals surface area (Å²) in [5.41, 5.74) is 0.525. The zero-order valence-electron chi connectivity index (χ0n) is 5.52. The molecule has 0 spiro atoms. The maximum Gasteiger partial charge on any atom is 0.158 e. The summed E-state index contributed by atoms with van der Waals surface area (Å²) in [6.07, 6.45) is 1.35. The van der Waals surface area contributed by atoms with Gasteiger partial charge in [-0.25, -0.2) is 0 Å². The third kappa shape index (κ3) is 3.64. The van der Waals surface area contributed by atoms with Crippen molar-refractivity contribution < 1.29 is 9.59 Å². The van der Waals surface area contributed by atoms with Crippen molar-refractivity contribution in [2.24, 2.45) is 0 Å². The predicted octanol–water partition coefficient (Wildman–Crippen LogP) is 1.11. The largest absolute Gasteiger partial charge is 0.303 e. The predicted molar refractivity (Wildman–Crippen MR) is 35.1 cm³/mol. The molecule has 50 valence electrons. The van der Waals surface area contributed by atoms with Crippen LogP contribution in [0, 0.1) is 0 Å². The Bertz CT molecular complexity index is 136. The zero-order valence-corrected chi connectivity index (χ0v) is 5.52. The number of rotatable bonds is 4. The molecule has 0 bridgehead atoms. The molecule has 0 saturated heterocycles. The minimum atomic E-state index is -0.0258. The fourth-order valence-electron chi connectivity index (χ4n) is 0.403. The number of allylic oxidation sites excluding steroid dienone is 1. The van der Waals surface area contributed by atoms with Crippen LogP contribution in [0.2, 0.25) is 0 Å². The second-order valence-electron chi connectivity index (χ2n) is 1.91. The van der Waals surface area contributed by atoms with Gasteiger partial charge in [0.1, 0.15) is 6.29 Å². The van der Waals surface area contributed by atoms with Gasteiger partial charge in [0, 0.05) is 12.8 Å². The third-order valence-corrected chi connectivity index (χ3v) is 0.965. The SMILES string of the molecule is C=C(C)C(=O)CCC=O. The number of hydrogen-bond donors (Lipinski definition) is 0. The van der Waals surface area contributed by atoms with Gasteiger partial charge in [-0.15, -0.1) is 0 Å². The lowest BCUT2D eigenvalue weighted by Gasteiger charge is -1.91. The van der Waals surface area contributed by atoms with Crippen LogP contribution >= 0.6 is 0 Å².